The molecule has 0 aliphatic rings. The van der Waals surface area contributed by atoms with Crippen LogP contribution in [0.15, 0.2) is 72.8 Å². The van der Waals surface area contributed by atoms with E-state index in [1.165, 1.54) is 24.3 Å². The minimum absolute atomic E-state index is 0.0179. The smallest absolute Gasteiger partial charge is 0.417 e. The van der Waals surface area contributed by atoms with Crippen LogP contribution in [0.4, 0.5) is 13.2 Å². The molecule has 0 aliphatic heterocycles. The maximum atomic E-state index is 13.5. The number of ketones is 1. The molecule has 0 unspecified atom stereocenters. The largest absolute Gasteiger partial charge is 0.508 e. The van der Waals surface area contributed by atoms with Crippen molar-refractivity contribution < 1.29 is 37.4 Å². The van der Waals surface area contributed by atoms with Crippen molar-refractivity contribution in [2.75, 3.05) is 0 Å². The van der Waals surface area contributed by atoms with Gasteiger partial charge >= 0.3 is 12.3 Å². The first kappa shape index (κ1) is 25.4. The predicted molar refractivity (Wildman–Crippen MR) is 125 cm³/mol. The summed E-state index contributed by atoms with van der Waals surface area (Å²) in [5, 5.41) is 10.4. The molecule has 0 saturated carbocycles. The lowest BCUT2D eigenvalue weighted by Crippen LogP contribution is -2.13. The van der Waals surface area contributed by atoms with E-state index >= 15 is 0 Å². The van der Waals surface area contributed by atoms with E-state index in [-0.39, 0.29) is 22.5 Å². The number of phenolic OH excluding ortho intramolecular Hbond substituents is 1. The monoisotopic (exact) mass is 498 g/mol. The maximum absolute atomic E-state index is 13.5. The Morgan fingerprint density at radius 1 is 1.03 bits per heavy atom. The molecule has 3 aromatic carbocycles. The number of carbonyl (C=O) groups is 1. The number of allylic oxidation sites excluding steroid dienone is 1. The molecule has 35 heavy (non-hydrogen) atoms. The number of halogens is 3. The van der Waals surface area contributed by atoms with Gasteiger partial charge in [0.15, 0.2) is 5.75 Å². The Balaban J connectivity index is 0.00000108. The van der Waals surface area contributed by atoms with Crippen molar-refractivity contribution in [3.05, 3.63) is 94.4 Å². The average Bonchev–Trinajstić information content (AvgIpc) is 3.17. The summed E-state index contributed by atoms with van der Waals surface area (Å²) < 4.78 is 47.1. The van der Waals surface area contributed by atoms with Crippen LogP contribution in [0.1, 0.15) is 33.3 Å². The van der Waals surface area contributed by atoms with E-state index in [9.17, 15) is 23.1 Å². The number of hydrogen-bond donors (Lipinski definition) is 1. The van der Waals surface area contributed by atoms with Crippen LogP contribution < -0.4 is 4.74 Å². The molecule has 0 bridgehead atoms. The van der Waals surface area contributed by atoms with Gasteiger partial charge in [0.05, 0.1) is 5.56 Å². The van der Waals surface area contributed by atoms with Gasteiger partial charge in [-0.05, 0) is 48.9 Å². The Bertz CT molecular complexity index is 1410. The van der Waals surface area contributed by atoms with Crippen molar-refractivity contribution in [3.63, 3.8) is 0 Å². The van der Waals surface area contributed by atoms with E-state index in [4.69, 9.17) is 14.3 Å². The van der Waals surface area contributed by atoms with Crippen LogP contribution in [-0.2, 0) is 15.8 Å². The summed E-state index contributed by atoms with van der Waals surface area (Å²) in [6.45, 7) is 1.90. The minimum atomic E-state index is -4.68. The number of aromatic hydroxyl groups is 1. The van der Waals surface area contributed by atoms with E-state index in [1.807, 2.05) is 31.2 Å². The van der Waals surface area contributed by atoms with E-state index in [1.54, 1.807) is 18.2 Å². The van der Waals surface area contributed by atoms with Crippen molar-refractivity contribution in [2.45, 2.75) is 13.1 Å². The summed E-state index contributed by atoms with van der Waals surface area (Å²) in [6.07, 6.45) is -0.621. The third kappa shape index (κ3) is 5.84. The maximum Gasteiger partial charge on any atom is 0.417 e. The fourth-order valence-corrected chi connectivity index (χ4v) is 4.44. The Labute approximate surface area is 201 Å². The molecule has 1 N–H and O–H groups in total. The van der Waals surface area contributed by atoms with Crippen LogP contribution in [0, 0.1) is 0 Å². The van der Waals surface area contributed by atoms with Gasteiger partial charge in [0.1, 0.15) is 16.4 Å². The average molecular weight is 498 g/mol. The van der Waals surface area contributed by atoms with Gasteiger partial charge in [-0.3, -0.25) is 4.79 Å². The zero-order valence-corrected chi connectivity index (χ0v) is 18.9. The van der Waals surface area contributed by atoms with Crippen LogP contribution in [0.5, 0.6) is 17.2 Å². The molecule has 178 valence electrons. The number of ether oxygens (including phenoxy) is 1. The summed E-state index contributed by atoms with van der Waals surface area (Å²) in [7, 11) is 0. The summed E-state index contributed by atoms with van der Waals surface area (Å²) in [4.78, 5) is 29.6. The van der Waals surface area contributed by atoms with E-state index < -0.39 is 23.1 Å². The highest BCUT2D eigenvalue weighted by Crippen LogP contribution is 2.44. The number of thiophene rings is 1. The summed E-state index contributed by atoms with van der Waals surface area (Å²) in [6, 6.07) is 16.2. The quantitative estimate of drug-likeness (QED) is 0.297. The van der Waals surface area contributed by atoms with Gasteiger partial charge in [-0.1, -0.05) is 42.5 Å². The van der Waals surface area contributed by atoms with E-state index in [0.717, 1.165) is 29.0 Å². The number of benzene rings is 3. The molecule has 0 amide bonds. The molecule has 0 spiro atoms. The number of fused-ring (bicyclic) bond motifs is 1. The summed E-state index contributed by atoms with van der Waals surface area (Å²) in [5.41, 5.74) is -0.508. The Morgan fingerprint density at radius 2 is 1.69 bits per heavy atom. The van der Waals surface area contributed by atoms with Gasteiger partial charge < -0.3 is 9.84 Å². The molecule has 1 heterocycles. The fraction of sp³-hybridized carbons (Fsp3) is 0.0769. The van der Waals surface area contributed by atoms with E-state index in [2.05, 4.69) is 0 Å². The first-order valence-electron chi connectivity index (χ1n) is 10.1. The molecule has 4 aromatic rings. The Kier molecular flexibility index (Phi) is 7.86. The second-order valence-corrected chi connectivity index (χ2v) is 8.12. The second-order valence-electron chi connectivity index (χ2n) is 7.07. The number of carbonyl (C=O) groups excluding carboxylic acids is 3. The lowest BCUT2D eigenvalue weighted by Gasteiger charge is -2.12. The molecule has 0 aliphatic carbocycles. The molecule has 4 rings (SSSR count). The van der Waals surface area contributed by atoms with Crippen LogP contribution in [0.3, 0.4) is 0 Å². The summed E-state index contributed by atoms with van der Waals surface area (Å²) >= 11 is 0.978. The Hall–Kier alpha value is -4.20. The highest BCUT2D eigenvalue weighted by Gasteiger charge is 2.36. The fourth-order valence-electron chi connectivity index (χ4n) is 3.32. The molecule has 9 heteroatoms. The molecule has 0 saturated heterocycles. The van der Waals surface area contributed by atoms with Gasteiger partial charge in [-0.2, -0.15) is 22.8 Å². The van der Waals surface area contributed by atoms with Crippen molar-refractivity contribution >= 4 is 39.4 Å². The third-order valence-electron chi connectivity index (χ3n) is 4.77. The standard InChI is InChI=1S/C25H17F3O3S.CO2/c1-2-5-15-8-11-17(12-9-15)31-23-19-13-10-16(29)14-21(19)32-24(23)22(30)18-6-3-4-7-20(18)25(26,27)28;2-1-3/h2-14,29H,1H3;/b5-2+;. The number of phenols is 1. The number of alkyl halides is 3. The number of hydrogen-bond acceptors (Lipinski definition) is 6. The van der Waals surface area contributed by atoms with Crippen LogP contribution in [-0.4, -0.2) is 17.0 Å². The van der Waals surface area contributed by atoms with Gasteiger partial charge in [0.2, 0.25) is 5.78 Å². The molecule has 1 aromatic heterocycles. The van der Waals surface area contributed by atoms with Crippen molar-refractivity contribution in [3.8, 4) is 17.2 Å². The zero-order valence-electron chi connectivity index (χ0n) is 18.1. The minimum Gasteiger partial charge on any atom is -0.508 e. The first-order valence-corrected chi connectivity index (χ1v) is 10.9. The van der Waals surface area contributed by atoms with Crippen molar-refractivity contribution in [2.24, 2.45) is 0 Å². The van der Waals surface area contributed by atoms with Gasteiger partial charge in [0, 0.05) is 15.6 Å². The number of rotatable bonds is 5. The predicted octanol–water partition coefficient (Wildman–Crippen LogP) is 7.10. The highest BCUT2D eigenvalue weighted by atomic mass is 32.1. The molecule has 0 radical (unpaired) electrons. The topological polar surface area (TPSA) is 80.7 Å². The molecular formula is C26H17F3O5S. The normalized spacial score (nSPS) is 11.1. The molecule has 0 atom stereocenters. The third-order valence-corrected chi connectivity index (χ3v) is 5.90. The first-order chi connectivity index (χ1) is 16.7. The SMILES string of the molecule is C/C=C/c1ccc(Oc2c(C(=O)c3ccccc3C(F)(F)F)sc3cc(O)ccc23)cc1.O=C=O. The Morgan fingerprint density at radius 3 is 2.31 bits per heavy atom. The van der Waals surface area contributed by atoms with Crippen LogP contribution in [0.25, 0.3) is 16.2 Å². The zero-order chi connectivity index (χ0) is 25.6. The second kappa shape index (κ2) is 10.8. The lowest BCUT2D eigenvalue weighted by atomic mass is 10.0. The van der Waals surface area contributed by atoms with Gasteiger partial charge in [-0.15, -0.1) is 11.3 Å². The van der Waals surface area contributed by atoms with Crippen LogP contribution in [0.2, 0.25) is 0 Å². The van der Waals surface area contributed by atoms with Gasteiger partial charge in [0.25, 0.3) is 0 Å². The van der Waals surface area contributed by atoms with Gasteiger partial charge in [-0.25, -0.2) is 0 Å². The van der Waals surface area contributed by atoms with Crippen molar-refractivity contribution in [1.82, 2.24) is 0 Å². The summed E-state index contributed by atoms with van der Waals surface area (Å²) in [5.74, 6) is -0.218. The molecular weight excluding hydrogens is 481 g/mol. The van der Waals surface area contributed by atoms with E-state index in [0.29, 0.717) is 15.8 Å². The molecule has 5 nitrogen and oxygen atoms in total. The highest BCUT2D eigenvalue weighted by molar-refractivity contribution is 7.21. The molecule has 0 fully saturated rings. The van der Waals surface area contributed by atoms with Crippen molar-refractivity contribution in [1.29, 1.82) is 0 Å². The van der Waals surface area contributed by atoms with Crippen LogP contribution >= 0.6 is 11.3 Å². The lowest BCUT2D eigenvalue weighted by molar-refractivity contribution is -0.191.